The van der Waals surface area contributed by atoms with E-state index in [1.807, 2.05) is 0 Å². The molecular weight excluding hydrogens is 212 g/mol. The van der Waals surface area contributed by atoms with Crippen LogP contribution in [0.4, 0.5) is 0 Å². The van der Waals surface area contributed by atoms with Crippen LogP contribution in [0.1, 0.15) is 19.8 Å². The minimum absolute atomic E-state index is 0.365. The van der Waals surface area contributed by atoms with Gasteiger partial charge in [-0.25, -0.2) is 0 Å². The molecule has 16 heavy (non-hydrogen) atoms. The maximum absolute atomic E-state index is 11.0. The number of rotatable bonds is 9. The molecule has 0 saturated heterocycles. The topological polar surface area (TPSA) is 107 Å². The molecule has 0 rings (SSSR count). The maximum atomic E-state index is 11.0. The summed E-state index contributed by atoms with van der Waals surface area (Å²) in [5.74, 6) is -0.909. The Labute approximate surface area is 94.4 Å². The molecule has 0 aliphatic heterocycles. The van der Waals surface area contributed by atoms with Gasteiger partial charge in [-0.05, 0) is 31.8 Å². The molecule has 0 radical (unpaired) electrons. The standard InChI is InChI=1S/C9H18N4O3/c1-9(8(14)15,4-7-16-2)11-5-3-6-12-13-10/h11H,3-7H2,1-2H3,(H,14,15). The largest absolute Gasteiger partial charge is 0.480 e. The Morgan fingerprint density at radius 2 is 2.38 bits per heavy atom. The number of nitrogens with zero attached hydrogens (tertiary/aromatic N) is 3. The Balaban J connectivity index is 4.02. The van der Waals surface area contributed by atoms with Gasteiger partial charge in [-0.15, -0.1) is 0 Å². The van der Waals surface area contributed by atoms with Crippen molar-refractivity contribution >= 4 is 5.97 Å². The number of azide groups is 1. The SMILES string of the molecule is COCCC(C)(NCCCN=[N+]=[N-])C(=O)O. The van der Waals surface area contributed by atoms with E-state index >= 15 is 0 Å². The van der Waals surface area contributed by atoms with Crippen LogP contribution in [0, 0.1) is 0 Å². The van der Waals surface area contributed by atoms with Gasteiger partial charge >= 0.3 is 5.97 Å². The fourth-order valence-corrected chi connectivity index (χ4v) is 1.14. The van der Waals surface area contributed by atoms with E-state index in [1.54, 1.807) is 6.92 Å². The predicted molar refractivity (Wildman–Crippen MR) is 59.2 cm³/mol. The van der Waals surface area contributed by atoms with Crippen molar-refractivity contribution in [2.75, 3.05) is 26.8 Å². The Kier molecular flexibility index (Phi) is 7.28. The van der Waals surface area contributed by atoms with Gasteiger partial charge in [0.2, 0.25) is 0 Å². The average molecular weight is 230 g/mol. The second-order valence-electron chi connectivity index (χ2n) is 3.61. The van der Waals surface area contributed by atoms with Crippen molar-refractivity contribution in [1.82, 2.24) is 5.32 Å². The molecule has 0 aliphatic carbocycles. The number of hydrogen-bond acceptors (Lipinski definition) is 4. The number of nitrogens with one attached hydrogen (secondary N) is 1. The highest BCUT2D eigenvalue weighted by Gasteiger charge is 2.31. The lowest BCUT2D eigenvalue weighted by atomic mass is 9.98. The van der Waals surface area contributed by atoms with Crippen LogP contribution in [0.2, 0.25) is 0 Å². The molecular formula is C9H18N4O3. The molecule has 0 bridgehead atoms. The molecule has 0 amide bonds. The average Bonchev–Trinajstić information content (AvgIpc) is 2.26. The number of carbonyl (C=O) groups is 1. The Hall–Kier alpha value is -1.30. The summed E-state index contributed by atoms with van der Waals surface area (Å²) in [6, 6.07) is 0. The minimum atomic E-state index is -0.994. The summed E-state index contributed by atoms with van der Waals surface area (Å²) in [6.07, 6.45) is 1.00. The van der Waals surface area contributed by atoms with Crippen LogP contribution in [0.15, 0.2) is 5.11 Å². The Morgan fingerprint density at radius 3 is 2.88 bits per heavy atom. The van der Waals surface area contributed by atoms with Gasteiger partial charge in [0.25, 0.3) is 0 Å². The lowest BCUT2D eigenvalue weighted by Crippen LogP contribution is -2.50. The van der Waals surface area contributed by atoms with Crippen molar-refractivity contribution in [2.24, 2.45) is 5.11 Å². The molecule has 0 aliphatic rings. The number of ether oxygens (including phenoxy) is 1. The molecule has 1 atom stereocenters. The van der Waals surface area contributed by atoms with Crippen molar-refractivity contribution in [2.45, 2.75) is 25.3 Å². The van der Waals surface area contributed by atoms with Gasteiger partial charge in [-0.1, -0.05) is 5.11 Å². The first-order chi connectivity index (χ1) is 7.56. The first kappa shape index (κ1) is 14.7. The first-order valence-electron chi connectivity index (χ1n) is 5.05. The molecule has 0 aromatic carbocycles. The molecule has 92 valence electrons. The molecule has 2 N–H and O–H groups in total. The second-order valence-corrected chi connectivity index (χ2v) is 3.61. The van der Waals surface area contributed by atoms with E-state index in [1.165, 1.54) is 7.11 Å². The summed E-state index contributed by atoms with van der Waals surface area (Å²) < 4.78 is 4.86. The van der Waals surface area contributed by atoms with Crippen molar-refractivity contribution in [3.63, 3.8) is 0 Å². The van der Waals surface area contributed by atoms with Crippen LogP contribution in [0.3, 0.4) is 0 Å². The zero-order valence-corrected chi connectivity index (χ0v) is 9.64. The zero-order chi connectivity index (χ0) is 12.4. The highest BCUT2D eigenvalue weighted by atomic mass is 16.5. The number of carboxylic acid groups (broad SMARTS) is 1. The molecule has 7 nitrogen and oxygen atoms in total. The van der Waals surface area contributed by atoms with Crippen molar-refractivity contribution in [3.8, 4) is 0 Å². The highest BCUT2D eigenvalue weighted by Crippen LogP contribution is 2.10. The molecule has 0 heterocycles. The highest BCUT2D eigenvalue weighted by molar-refractivity contribution is 5.78. The van der Waals surface area contributed by atoms with Gasteiger partial charge < -0.3 is 15.2 Å². The number of carboxylic acids is 1. The Morgan fingerprint density at radius 1 is 1.69 bits per heavy atom. The van der Waals surface area contributed by atoms with Gasteiger partial charge in [0, 0.05) is 25.2 Å². The van der Waals surface area contributed by atoms with Gasteiger partial charge in [-0.3, -0.25) is 4.79 Å². The van der Waals surface area contributed by atoms with Crippen LogP contribution in [0.25, 0.3) is 10.4 Å². The van der Waals surface area contributed by atoms with Crippen molar-refractivity contribution < 1.29 is 14.6 Å². The van der Waals surface area contributed by atoms with Crippen molar-refractivity contribution in [3.05, 3.63) is 10.4 Å². The van der Waals surface area contributed by atoms with E-state index in [4.69, 9.17) is 15.4 Å². The lowest BCUT2D eigenvalue weighted by Gasteiger charge is -2.25. The fourth-order valence-electron chi connectivity index (χ4n) is 1.14. The van der Waals surface area contributed by atoms with Gasteiger partial charge in [0.1, 0.15) is 5.54 Å². The predicted octanol–water partition coefficient (Wildman–Crippen LogP) is 1.16. The third-order valence-electron chi connectivity index (χ3n) is 2.29. The summed E-state index contributed by atoms with van der Waals surface area (Å²) in [6.45, 7) is 2.85. The molecule has 0 saturated carbocycles. The van der Waals surface area contributed by atoms with Gasteiger partial charge in [0.15, 0.2) is 0 Å². The van der Waals surface area contributed by atoms with Crippen LogP contribution in [-0.2, 0) is 9.53 Å². The van der Waals surface area contributed by atoms with Crippen LogP contribution >= 0.6 is 0 Å². The summed E-state index contributed by atoms with van der Waals surface area (Å²) in [5, 5.41) is 15.4. The van der Waals surface area contributed by atoms with Gasteiger partial charge in [0.05, 0.1) is 0 Å². The summed E-state index contributed by atoms with van der Waals surface area (Å²) >= 11 is 0. The molecule has 0 fully saturated rings. The van der Waals surface area contributed by atoms with Crippen LogP contribution in [0.5, 0.6) is 0 Å². The van der Waals surface area contributed by atoms with E-state index in [2.05, 4.69) is 15.3 Å². The fraction of sp³-hybridized carbons (Fsp3) is 0.889. The van der Waals surface area contributed by atoms with E-state index < -0.39 is 11.5 Å². The van der Waals surface area contributed by atoms with Crippen molar-refractivity contribution in [1.29, 1.82) is 0 Å². The normalized spacial score (nSPS) is 13.9. The number of aliphatic carboxylic acids is 1. The van der Waals surface area contributed by atoms with Crippen LogP contribution in [-0.4, -0.2) is 43.4 Å². The van der Waals surface area contributed by atoms with Gasteiger partial charge in [-0.2, -0.15) is 0 Å². The van der Waals surface area contributed by atoms with E-state index in [-0.39, 0.29) is 0 Å². The molecule has 0 aromatic rings. The third-order valence-corrected chi connectivity index (χ3v) is 2.29. The maximum Gasteiger partial charge on any atom is 0.323 e. The summed E-state index contributed by atoms with van der Waals surface area (Å²) in [7, 11) is 1.53. The molecule has 1 unspecified atom stereocenters. The lowest BCUT2D eigenvalue weighted by molar-refractivity contribution is -0.144. The molecule has 0 aromatic heterocycles. The summed E-state index contributed by atoms with van der Waals surface area (Å²) in [4.78, 5) is 13.7. The minimum Gasteiger partial charge on any atom is -0.480 e. The summed E-state index contributed by atoms with van der Waals surface area (Å²) in [5.41, 5.74) is 7.06. The second kappa shape index (κ2) is 7.92. The smallest absolute Gasteiger partial charge is 0.323 e. The third kappa shape index (κ3) is 5.55. The quantitative estimate of drug-likeness (QED) is 0.268. The first-order valence-corrected chi connectivity index (χ1v) is 5.05. The number of methoxy groups -OCH3 is 1. The van der Waals surface area contributed by atoms with E-state index in [0.717, 1.165) is 0 Å². The molecule has 7 heteroatoms. The number of hydrogen-bond donors (Lipinski definition) is 2. The van der Waals surface area contributed by atoms with E-state index in [9.17, 15) is 4.79 Å². The Bertz CT molecular complexity index is 265. The zero-order valence-electron chi connectivity index (χ0n) is 9.64. The molecule has 0 spiro atoms. The monoisotopic (exact) mass is 230 g/mol. The van der Waals surface area contributed by atoms with Crippen LogP contribution < -0.4 is 5.32 Å². The van der Waals surface area contributed by atoms with E-state index in [0.29, 0.717) is 32.5 Å².